The number of rotatable bonds is 1. The fourth-order valence-corrected chi connectivity index (χ4v) is 0.511. The highest BCUT2D eigenvalue weighted by Crippen LogP contribution is 1.94. The van der Waals surface area contributed by atoms with Crippen molar-refractivity contribution in [1.82, 2.24) is 4.90 Å². The number of hydrogen-bond donors (Lipinski definition) is 1. The van der Waals surface area contributed by atoms with E-state index < -0.39 is 0 Å². The number of aliphatic hydroxyl groups is 1. The fraction of sp³-hybridized carbons (Fsp3) is 1.00. The molecule has 1 heterocycles. The van der Waals surface area contributed by atoms with Crippen LogP contribution in [0, 0.1) is 0 Å². The SMILES string of the molecule is OCN1COCOC1. The van der Waals surface area contributed by atoms with Crippen LogP contribution in [0.3, 0.4) is 0 Å². The Bertz CT molecular complexity index is 62.3. The van der Waals surface area contributed by atoms with Gasteiger partial charge in [-0.3, -0.25) is 0 Å². The molecule has 0 aliphatic carbocycles. The van der Waals surface area contributed by atoms with Crippen molar-refractivity contribution in [3.63, 3.8) is 0 Å². The van der Waals surface area contributed by atoms with Crippen LogP contribution in [0.25, 0.3) is 0 Å². The summed E-state index contributed by atoms with van der Waals surface area (Å²) in [7, 11) is 0. The third kappa shape index (κ3) is 1.41. The molecular weight excluding hydrogens is 110 g/mol. The lowest BCUT2D eigenvalue weighted by Gasteiger charge is -2.23. The van der Waals surface area contributed by atoms with Crippen molar-refractivity contribution in [2.24, 2.45) is 0 Å². The van der Waals surface area contributed by atoms with Crippen LogP contribution in [0.1, 0.15) is 0 Å². The van der Waals surface area contributed by atoms with E-state index in [0.29, 0.717) is 20.3 Å². The standard InChI is InChI=1S/C4H9NO3/c6-1-5-2-7-4-8-3-5/h6H,1-4H2. The molecule has 0 aromatic rings. The van der Waals surface area contributed by atoms with Crippen molar-refractivity contribution in [3.8, 4) is 0 Å². The summed E-state index contributed by atoms with van der Waals surface area (Å²) in [6.45, 7) is 1.28. The van der Waals surface area contributed by atoms with Crippen LogP contribution in [-0.2, 0) is 9.47 Å². The van der Waals surface area contributed by atoms with Gasteiger partial charge in [0.05, 0.1) is 6.73 Å². The molecule has 1 aliphatic heterocycles. The molecule has 1 saturated heterocycles. The lowest BCUT2D eigenvalue weighted by atomic mass is 10.8. The summed E-state index contributed by atoms with van der Waals surface area (Å²) in [6.07, 6.45) is 0. The van der Waals surface area contributed by atoms with E-state index in [2.05, 4.69) is 0 Å². The first-order chi connectivity index (χ1) is 3.93. The molecule has 0 radical (unpaired) electrons. The smallest absolute Gasteiger partial charge is 0.150 e. The maximum Gasteiger partial charge on any atom is 0.150 e. The van der Waals surface area contributed by atoms with Crippen LogP contribution in [0.2, 0.25) is 0 Å². The number of hydrogen-bond acceptors (Lipinski definition) is 4. The number of ether oxygens (including phenoxy) is 2. The highest BCUT2D eigenvalue weighted by atomic mass is 16.7. The van der Waals surface area contributed by atoms with Gasteiger partial charge in [0.15, 0.2) is 0 Å². The summed E-state index contributed by atoms with van der Waals surface area (Å²) in [5.74, 6) is 0. The summed E-state index contributed by atoms with van der Waals surface area (Å²) in [4.78, 5) is 1.63. The zero-order chi connectivity index (χ0) is 5.82. The quantitative estimate of drug-likeness (QED) is 0.488. The van der Waals surface area contributed by atoms with Crippen molar-refractivity contribution in [2.75, 3.05) is 27.0 Å². The molecule has 1 rings (SSSR count). The first-order valence-electron chi connectivity index (χ1n) is 2.42. The van der Waals surface area contributed by atoms with Crippen molar-refractivity contribution in [2.45, 2.75) is 0 Å². The average molecular weight is 119 g/mol. The zero-order valence-electron chi connectivity index (χ0n) is 4.54. The van der Waals surface area contributed by atoms with Gasteiger partial charge in [-0.15, -0.1) is 0 Å². The first kappa shape index (κ1) is 5.97. The van der Waals surface area contributed by atoms with Gasteiger partial charge >= 0.3 is 0 Å². The molecule has 0 aromatic heterocycles. The first-order valence-corrected chi connectivity index (χ1v) is 2.42. The van der Waals surface area contributed by atoms with Gasteiger partial charge < -0.3 is 14.6 Å². The second-order valence-corrected chi connectivity index (χ2v) is 1.60. The predicted molar refractivity (Wildman–Crippen MR) is 25.7 cm³/mol. The molecule has 4 heteroatoms. The summed E-state index contributed by atoms with van der Waals surface area (Å²) in [5, 5.41) is 8.46. The normalized spacial score (nSPS) is 23.6. The van der Waals surface area contributed by atoms with Gasteiger partial charge in [0.2, 0.25) is 0 Å². The van der Waals surface area contributed by atoms with Gasteiger partial charge in [-0.1, -0.05) is 0 Å². The van der Waals surface area contributed by atoms with Gasteiger partial charge in [0.1, 0.15) is 20.3 Å². The van der Waals surface area contributed by atoms with Gasteiger partial charge in [-0.2, -0.15) is 0 Å². The molecule has 48 valence electrons. The van der Waals surface area contributed by atoms with E-state index in [1.807, 2.05) is 0 Å². The van der Waals surface area contributed by atoms with Crippen LogP contribution in [-0.4, -0.2) is 37.0 Å². The maximum absolute atomic E-state index is 8.46. The molecule has 1 aliphatic rings. The zero-order valence-corrected chi connectivity index (χ0v) is 4.54. The van der Waals surface area contributed by atoms with Gasteiger partial charge in [0, 0.05) is 0 Å². The van der Waals surface area contributed by atoms with E-state index in [0.717, 1.165) is 0 Å². The van der Waals surface area contributed by atoms with E-state index in [1.165, 1.54) is 0 Å². The minimum absolute atomic E-state index is 0. The summed E-state index contributed by atoms with van der Waals surface area (Å²) >= 11 is 0. The molecule has 1 N–H and O–H groups in total. The molecule has 0 bridgehead atoms. The second-order valence-electron chi connectivity index (χ2n) is 1.60. The molecule has 0 amide bonds. The lowest BCUT2D eigenvalue weighted by Crippen LogP contribution is -2.35. The van der Waals surface area contributed by atoms with Gasteiger partial charge in [-0.05, 0) is 0 Å². The molecular formula is C4H9NO3. The van der Waals surface area contributed by atoms with Crippen molar-refractivity contribution in [1.29, 1.82) is 0 Å². The van der Waals surface area contributed by atoms with E-state index in [9.17, 15) is 0 Å². The van der Waals surface area contributed by atoms with Gasteiger partial charge in [-0.25, -0.2) is 4.90 Å². The second kappa shape index (κ2) is 2.99. The molecule has 0 spiro atoms. The molecule has 0 aromatic carbocycles. The van der Waals surface area contributed by atoms with E-state index in [4.69, 9.17) is 14.6 Å². The van der Waals surface area contributed by atoms with Gasteiger partial charge in [0.25, 0.3) is 0 Å². The molecule has 0 saturated carbocycles. The van der Waals surface area contributed by atoms with Crippen LogP contribution in [0.4, 0.5) is 0 Å². The van der Waals surface area contributed by atoms with E-state index in [-0.39, 0.29) is 6.73 Å². The summed E-state index contributed by atoms with van der Waals surface area (Å²) in [5.41, 5.74) is 0. The summed E-state index contributed by atoms with van der Waals surface area (Å²) < 4.78 is 9.63. The van der Waals surface area contributed by atoms with Crippen molar-refractivity contribution in [3.05, 3.63) is 0 Å². The highest BCUT2D eigenvalue weighted by Gasteiger charge is 2.06. The third-order valence-electron chi connectivity index (χ3n) is 0.914. The Morgan fingerprint density at radius 3 is 2.38 bits per heavy atom. The van der Waals surface area contributed by atoms with Crippen molar-refractivity contribution >= 4 is 0 Å². The van der Waals surface area contributed by atoms with Crippen LogP contribution >= 0.6 is 0 Å². The third-order valence-corrected chi connectivity index (χ3v) is 0.914. The Morgan fingerprint density at radius 2 is 2.00 bits per heavy atom. The van der Waals surface area contributed by atoms with E-state index in [1.54, 1.807) is 4.90 Å². The predicted octanol–water partition coefficient (Wildman–Crippen LogP) is -0.843. The average Bonchev–Trinajstić information content (AvgIpc) is 1.90. The molecule has 4 nitrogen and oxygen atoms in total. The largest absolute Gasteiger partial charge is 0.381 e. The van der Waals surface area contributed by atoms with Crippen LogP contribution in [0.5, 0.6) is 0 Å². The topological polar surface area (TPSA) is 41.9 Å². The Kier molecular flexibility index (Phi) is 2.23. The Labute approximate surface area is 47.6 Å². The lowest BCUT2D eigenvalue weighted by molar-refractivity contribution is -0.198. The highest BCUT2D eigenvalue weighted by molar-refractivity contribution is 4.37. The minimum Gasteiger partial charge on any atom is -0.381 e. The number of nitrogens with zero attached hydrogens (tertiary/aromatic N) is 1. The Hall–Kier alpha value is -0.160. The Morgan fingerprint density at radius 1 is 1.38 bits per heavy atom. The fourth-order valence-electron chi connectivity index (χ4n) is 0.511. The van der Waals surface area contributed by atoms with Crippen molar-refractivity contribution < 1.29 is 14.6 Å². The molecule has 0 atom stereocenters. The van der Waals surface area contributed by atoms with Crippen LogP contribution < -0.4 is 0 Å². The molecule has 8 heavy (non-hydrogen) atoms. The maximum atomic E-state index is 8.46. The monoisotopic (exact) mass is 119 g/mol. The Balaban J connectivity index is 2.13. The summed E-state index contributed by atoms with van der Waals surface area (Å²) in [6, 6.07) is 0. The van der Waals surface area contributed by atoms with E-state index >= 15 is 0 Å². The molecule has 1 fully saturated rings. The van der Waals surface area contributed by atoms with Crippen LogP contribution in [0.15, 0.2) is 0 Å². The minimum atomic E-state index is 0. The molecule has 0 unspecified atom stereocenters. The number of aliphatic hydroxyl groups excluding tert-OH is 1.